The van der Waals surface area contributed by atoms with Crippen LogP contribution in [0.2, 0.25) is 0 Å². The van der Waals surface area contributed by atoms with Crippen LogP contribution in [-0.2, 0) is 14.1 Å². The summed E-state index contributed by atoms with van der Waals surface area (Å²) in [5, 5.41) is 9.45. The summed E-state index contributed by atoms with van der Waals surface area (Å²) in [6, 6.07) is 0. The predicted molar refractivity (Wildman–Crippen MR) is 57.0 cm³/mol. The molecule has 0 aromatic heterocycles. The summed E-state index contributed by atoms with van der Waals surface area (Å²) in [6.45, 7) is 1.70. The third-order valence-corrected chi connectivity index (χ3v) is 3.75. The molecule has 0 aliphatic carbocycles. The zero-order valence-corrected chi connectivity index (χ0v) is 9.86. The lowest BCUT2D eigenvalue weighted by atomic mass is 9.78. The van der Waals surface area contributed by atoms with Crippen LogP contribution >= 0.6 is 8.81 Å². The molecule has 0 spiro atoms. The van der Waals surface area contributed by atoms with Gasteiger partial charge in [-0.2, -0.15) is 0 Å². The maximum atomic E-state index is 11.8. The Morgan fingerprint density at radius 1 is 1.53 bits per heavy atom. The summed E-state index contributed by atoms with van der Waals surface area (Å²) in [6.07, 6.45) is 3.53. The van der Waals surface area contributed by atoms with E-state index in [-0.39, 0.29) is 33.6 Å². The summed E-state index contributed by atoms with van der Waals surface area (Å²) in [7, 11) is 0.150. The molecular formula is C10H17O4P. The van der Waals surface area contributed by atoms with Gasteiger partial charge in [0, 0.05) is 0 Å². The molecule has 2 aliphatic rings. The van der Waals surface area contributed by atoms with Crippen LogP contribution in [0.4, 0.5) is 0 Å². The van der Waals surface area contributed by atoms with E-state index in [1.54, 1.807) is 0 Å². The van der Waals surface area contributed by atoms with Crippen LogP contribution in [0, 0.1) is 5.41 Å². The molecule has 2 aliphatic heterocycles. The largest absolute Gasteiger partial charge is 0.448 e. The molecule has 15 heavy (non-hydrogen) atoms. The van der Waals surface area contributed by atoms with Gasteiger partial charge in [0.1, 0.15) is 0 Å². The normalized spacial score (nSPS) is 39.9. The highest BCUT2D eigenvalue weighted by molar-refractivity contribution is 7.31. The van der Waals surface area contributed by atoms with Gasteiger partial charge in [-0.3, -0.25) is 4.79 Å². The number of carbonyl (C=O) groups is 1. The Hall–Kier alpha value is -0.180. The summed E-state index contributed by atoms with van der Waals surface area (Å²) >= 11 is 0. The fourth-order valence-electron chi connectivity index (χ4n) is 2.60. The van der Waals surface area contributed by atoms with Crippen molar-refractivity contribution in [2.45, 2.75) is 37.9 Å². The lowest BCUT2D eigenvalue weighted by Crippen LogP contribution is -2.44. The summed E-state index contributed by atoms with van der Waals surface area (Å²) in [5.41, 5.74) is -0.687. The van der Waals surface area contributed by atoms with Crippen molar-refractivity contribution in [3.05, 3.63) is 0 Å². The Morgan fingerprint density at radius 2 is 2.13 bits per heavy atom. The van der Waals surface area contributed by atoms with Gasteiger partial charge < -0.3 is 14.4 Å². The number of hydrogen-bond donors (Lipinski definition) is 1. The molecule has 2 fully saturated rings. The number of aliphatic hydroxyl groups is 1. The molecule has 2 bridgehead atoms. The van der Waals surface area contributed by atoms with Crippen LogP contribution in [0.5, 0.6) is 0 Å². The minimum Gasteiger partial charge on any atom is -0.448 e. The molecule has 4 nitrogen and oxygen atoms in total. The quantitative estimate of drug-likeness (QED) is 0.739. The van der Waals surface area contributed by atoms with E-state index in [4.69, 9.17) is 9.26 Å². The van der Waals surface area contributed by atoms with Gasteiger partial charge in [0.2, 0.25) is 0 Å². The molecule has 3 atom stereocenters. The predicted octanol–water partition coefficient (Wildman–Crippen LogP) is 1.07. The van der Waals surface area contributed by atoms with Crippen molar-refractivity contribution in [2.24, 2.45) is 5.41 Å². The Labute approximate surface area is 91.2 Å². The average molecular weight is 232 g/mol. The summed E-state index contributed by atoms with van der Waals surface area (Å²) in [4.78, 5) is 11.8. The van der Waals surface area contributed by atoms with Crippen molar-refractivity contribution in [3.8, 4) is 0 Å². The zero-order valence-electron chi connectivity index (χ0n) is 8.86. The highest BCUT2D eigenvalue weighted by atomic mass is 31.1. The molecule has 3 unspecified atom stereocenters. The molecule has 0 aromatic carbocycles. The molecule has 2 rings (SSSR count). The van der Waals surface area contributed by atoms with Gasteiger partial charge in [-0.15, -0.1) is 0 Å². The third-order valence-electron chi connectivity index (χ3n) is 3.36. The summed E-state index contributed by atoms with van der Waals surface area (Å²) in [5.74, 6) is -0.244. The Bertz CT molecular complexity index is 244. The SMILES string of the molecule is CPOC(=O)C1(CO)CC2CCC(C1)O2. The van der Waals surface area contributed by atoms with Crippen molar-refractivity contribution >= 4 is 14.8 Å². The monoisotopic (exact) mass is 232 g/mol. The fourth-order valence-corrected chi connectivity index (χ4v) is 3.00. The molecule has 86 valence electrons. The first kappa shape index (κ1) is 11.3. The third kappa shape index (κ3) is 2.03. The van der Waals surface area contributed by atoms with E-state index in [2.05, 4.69) is 0 Å². The van der Waals surface area contributed by atoms with Gasteiger partial charge in [0.05, 0.1) is 33.0 Å². The molecular weight excluding hydrogens is 215 g/mol. The van der Waals surface area contributed by atoms with Crippen molar-refractivity contribution < 1.29 is 19.2 Å². The Morgan fingerprint density at radius 3 is 2.60 bits per heavy atom. The maximum Gasteiger partial charge on any atom is 0.316 e. The number of ether oxygens (including phenoxy) is 1. The standard InChI is InChI=1S/C10H17O4P/c1-15-14-9(12)10(6-11)4-7-2-3-8(5-10)13-7/h7-8,11,15H,2-6H2,1H3. The molecule has 0 aromatic rings. The molecule has 2 saturated heterocycles. The second-order valence-corrected chi connectivity index (χ2v) is 5.01. The first-order valence-corrected chi connectivity index (χ1v) is 6.75. The van der Waals surface area contributed by atoms with Crippen LogP contribution < -0.4 is 0 Å². The van der Waals surface area contributed by atoms with Crippen molar-refractivity contribution in [1.29, 1.82) is 0 Å². The van der Waals surface area contributed by atoms with Crippen LogP contribution in [0.25, 0.3) is 0 Å². The second kappa shape index (κ2) is 4.36. The Kier molecular flexibility index (Phi) is 3.29. The first-order valence-electron chi connectivity index (χ1n) is 5.34. The molecule has 0 radical (unpaired) electrons. The molecule has 5 heteroatoms. The zero-order chi connectivity index (χ0) is 10.9. The van der Waals surface area contributed by atoms with Gasteiger partial charge in [-0.1, -0.05) is 0 Å². The van der Waals surface area contributed by atoms with E-state index in [1.807, 2.05) is 6.66 Å². The molecule has 0 saturated carbocycles. The van der Waals surface area contributed by atoms with Crippen LogP contribution in [-0.4, -0.2) is 36.6 Å². The fraction of sp³-hybridized carbons (Fsp3) is 0.900. The smallest absolute Gasteiger partial charge is 0.316 e. The number of hydrogen-bond acceptors (Lipinski definition) is 4. The van der Waals surface area contributed by atoms with Crippen LogP contribution in [0.1, 0.15) is 25.7 Å². The van der Waals surface area contributed by atoms with Crippen molar-refractivity contribution in [1.82, 2.24) is 0 Å². The first-order chi connectivity index (χ1) is 7.20. The lowest BCUT2D eigenvalue weighted by molar-refractivity contribution is -0.160. The number of rotatable bonds is 3. The van der Waals surface area contributed by atoms with E-state index in [9.17, 15) is 9.90 Å². The average Bonchev–Trinajstić information content (AvgIpc) is 2.58. The summed E-state index contributed by atoms with van der Waals surface area (Å²) < 4.78 is 10.7. The lowest BCUT2D eigenvalue weighted by Gasteiger charge is -2.36. The van der Waals surface area contributed by atoms with E-state index >= 15 is 0 Å². The van der Waals surface area contributed by atoms with Gasteiger partial charge in [0.25, 0.3) is 0 Å². The van der Waals surface area contributed by atoms with Crippen LogP contribution in [0.15, 0.2) is 0 Å². The van der Waals surface area contributed by atoms with Gasteiger partial charge in [-0.05, 0) is 32.3 Å². The van der Waals surface area contributed by atoms with Gasteiger partial charge in [-0.25, -0.2) is 0 Å². The van der Waals surface area contributed by atoms with Crippen LogP contribution in [0.3, 0.4) is 0 Å². The van der Waals surface area contributed by atoms with E-state index in [1.165, 1.54) is 0 Å². The molecule has 0 amide bonds. The second-order valence-electron chi connectivity index (χ2n) is 4.40. The van der Waals surface area contributed by atoms with Crippen molar-refractivity contribution in [3.63, 3.8) is 0 Å². The number of carbonyl (C=O) groups excluding carboxylic acids is 1. The molecule has 1 N–H and O–H groups in total. The minimum absolute atomic E-state index is 0.118. The number of aliphatic hydroxyl groups excluding tert-OH is 1. The Balaban J connectivity index is 2.11. The van der Waals surface area contributed by atoms with Gasteiger partial charge in [0.15, 0.2) is 0 Å². The maximum absolute atomic E-state index is 11.8. The minimum atomic E-state index is -0.687. The number of fused-ring (bicyclic) bond motifs is 2. The van der Waals surface area contributed by atoms with Crippen molar-refractivity contribution in [2.75, 3.05) is 13.3 Å². The topological polar surface area (TPSA) is 55.8 Å². The van der Waals surface area contributed by atoms with E-state index in [0.717, 1.165) is 12.8 Å². The highest BCUT2D eigenvalue weighted by Crippen LogP contribution is 2.44. The van der Waals surface area contributed by atoms with E-state index in [0.29, 0.717) is 12.8 Å². The highest BCUT2D eigenvalue weighted by Gasteiger charge is 2.50. The molecule has 2 heterocycles. The van der Waals surface area contributed by atoms with Gasteiger partial charge >= 0.3 is 5.97 Å². The van der Waals surface area contributed by atoms with E-state index < -0.39 is 5.41 Å².